The Kier molecular flexibility index (Phi) is 9.94. The van der Waals surface area contributed by atoms with Crippen molar-refractivity contribution in [2.45, 2.75) is 19.8 Å². The van der Waals surface area contributed by atoms with Crippen LogP contribution in [0.25, 0.3) is 0 Å². The summed E-state index contributed by atoms with van der Waals surface area (Å²) in [6, 6.07) is 11.0. The van der Waals surface area contributed by atoms with Crippen LogP contribution in [0, 0.1) is 5.82 Å². The number of aliphatic imine (C=N–C) groups is 1. The first kappa shape index (κ1) is 20.9. The highest BCUT2D eigenvalue weighted by Gasteiger charge is 2.06. The Bertz CT molecular complexity index is 616. The van der Waals surface area contributed by atoms with E-state index in [0.29, 0.717) is 6.54 Å². The molecule has 0 amide bonds. The minimum atomic E-state index is -0.188. The molecule has 2 aromatic rings. The van der Waals surface area contributed by atoms with Gasteiger partial charge in [-0.3, -0.25) is 4.99 Å². The van der Waals surface area contributed by atoms with Gasteiger partial charge in [-0.15, -0.1) is 35.3 Å². The lowest BCUT2D eigenvalue weighted by molar-refractivity contribution is 0.487. The van der Waals surface area contributed by atoms with Gasteiger partial charge in [0.25, 0.3) is 0 Å². The normalized spacial score (nSPS) is 11.0. The van der Waals surface area contributed by atoms with Crippen molar-refractivity contribution in [2.24, 2.45) is 4.99 Å². The van der Waals surface area contributed by atoms with Gasteiger partial charge < -0.3 is 10.2 Å². The van der Waals surface area contributed by atoms with Crippen molar-refractivity contribution in [2.75, 3.05) is 26.7 Å². The number of guanidine groups is 1. The van der Waals surface area contributed by atoms with Gasteiger partial charge in [-0.05, 0) is 48.9 Å². The number of likely N-dealkylation sites (N-methyl/N-ethyl adjacent to an activating group) is 1. The van der Waals surface area contributed by atoms with E-state index in [-0.39, 0.29) is 29.8 Å². The number of nitrogens with zero attached hydrogens (tertiary/aromatic N) is 2. The molecule has 1 N–H and O–H groups in total. The molecule has 0 aliphatic heterocycles. The van der Waals surface area contributed by atoms with Crippen LogP contribution in [-0.4, -0.2) is 37.5 Å². The number of hydrogen-bond donors (Lipinski definition) is 1. The third-order valence-electron chi connectivity index (χ3n) is 3.52. The predicted octanol–water partition coefficient (Wildman–Crippen LogP) is 4.19. The fourth-order valence-corrected chi connectivity index (χ4v) is 2.99. The maximum absolute atomic E-state index is 13.2. The molecule has 0 atom stereocenters. The molecule has 6 heteroatoms. The Labute approximate surface area is 165 Å². The number of thiophene rings is 1. The molecule has 0 radical (unpaired) electrons. The van der Waals surface area contributed by atoms with E-state index in [4.69, 9.17) is 0 Å². The first-order chi connectivity index (χ1) is 11.2. The van der Waals surface area contributed by atoms with E-state index in [1.807, 2.05) is 6.07 Å². The van der Waals surface area contributed by atoms with Crippen LogP contribution >= 0.6 is 35.3 Å². The smallest absolute Gasteiger partial charge is 0.193 e. The summed E-state index contributed by atoms with van der Waals surface area (Å²) in [6.45, 7) is 4.47. The molecule has 1 aromatic heterocycles. The van der Waals surface area contributed by atoms with E-state index in [2.05, 4.69) is 46.7 Å². The molecule has 0 unspecified atom stereocenters. The van der Waals surface area contributed by atoms with Gasteiger partial charge in [-0.25, -0.2) is 4.39 Å². The van der Waals surface area contributed by atoms with Crippen molar-refractivity contribution < 1.29 is 4.39 Å². The maximum atomic E-state index is 13.2. The molecule has 3 nitrogen and oxygen atoms in total. The molecule has 0 bridgehead atoms. The summed E-state index contributed by atoms with van der Waals surface area (Å²) in [4.78, 5) is 8.18. The lowest BCUT2D eigenvalue weighted by atomic mass is 10.1. The lowest BCUT2D eigenvalue weighted by Gasteiger charge is -2.21. The molecule has 2 rings (SSSR count). The third kappa shape index (κ3) is 7.17. The summed E-state index contributed by atoms with van der Waals surface area (Å²) >= 11 is 1.78. The van der Waals surface area contributed by atoms with Crippen molar-refractivity contribution in [1.82, 2.24) is 10.2 Å². The Morgan fingerprint density at radius 3 is 2.75 bits per heavy atom. The van der Waals surface area contributed by atoms with Gasteiger partial charge >= 0.3 is 0 Å². The van der Waals surface area contributed by atoms with Crippen molar-refractivity contribution in [3.63, 3.8) is 0 Å². The average molecular weight is 461 g/mol. The summed E-state index contributed by atoms with van der Waals surface area (Å²) in [5.41, 5.74) is 0.978. The molecular weight excluding hydrogens is 436 g/mol. The topological polar surface area (TPSA) is 27.6 Å². The van der Waals surface area contributed by atoms with Gasteiger partial charge in [-0.2, -0.15) is 0 Å². The first-order valence-corrected chi connectivity index (χ1v) is 8.83. The van der Waals surface area contributed by atoms with Crippen molar-refractivity contribution in [1.29, 1.82) is 0 Å². The number of nitrogens with one attached hydrogen (secondary N) is 1. The first-order valence-electron chi connectivity index (χ1n) is 7.95. The van der Waals surface area contributed by atoms with Crippen LogP contribution in [0.2, 0.25) is 0 Å². The monoisotopic (exact) mass is 461 g/mol. The Morgan fingerprint density at radius 2 is 2.08 bits per heavy atom. The van der Waals surface area contributed by atoms with Gasteiger partial charge in [0.2, 0.25) is 0 Å². The quantitative estimate of drug-likeness (QED) is 0.381. The summed E-state index contributed by atoms with van der Waals surface area (Å²) in [7, 11) is 2.05. The molecule has 1 heterocycles. The van der Waals surface area contributed by atoms with Crippen LogP contribution in [0.3, 0.4) is 0 Å². The standard InChI is InChI=1S/C18H24FN3S.HI/c1-3-20-18(22(2)12-10-17-8-5-13-23-17)21-11-9-15-6-4-7-16(19)14-15;/h4-8,13-14H,3,9-12H2,1-2H3,(H,20,21);1H. The highest BCUT2D eigenvalue weighted by atomic mass is 127. The molecule has 0 spiro atoms. The molecule has 1 aromatic carbocycles. The molecule has 0 saturated carbocycles. The lowest BCUT2D eigenvalue weighted by Crippen LogP contribution is -2.40. The maximum Gasteiger partial charge on any atom is 0.193 e. The minimum absolute atomic E-state index is 0. The number of rotatable bonds is 7. The third-order valence-corrected chi connectivity index (χ3v) is 4.46. The molecule has 0 aliphatic carbocycles. The highest BCUT2D eigenvalue weighted by molar-refractivity contribution is 14.0. The molecule has 24 heavy (non-hydrogen) atoms. The molecule has 132 valence electrons. The van der Waals surface area contributed by atoms with Crippen LogP contribution in [0.5, 0.6) is 0 Å². The fourth-order valence-electron chi connectivity index (χ4n) is 2.29. The second kappa shape index (κ2) is 11.4. The molecule has 0 fully saturated rings. The molecule has 0 saturated heterocycles. The summed E-state index contributed by atoms with van der Waals surface area (Å²) in [5.74, 6) is 0.715. The second-order valence-corrected chi connectivity index (χ2v) is 6.40. The van der Waals surface area contributed by atoms with Gasteiger partial charge in [0.05, 0.1) is 0 Å². The SMILES string of the molecule is CCNC(=NCCc1cccc(F)c1)N(C)CCc1cccs1.I. The van der Waals surface area contributed by atoms with Gasteiger partial charge in [-0.1, -0.05) is 18.2 Å². The van der Waals surface area contributed by atoms with Crippen molar-refractivity contribution in [3.05, 3.63) is 58.0 Å². The van der Waals surface area contributed by atoms with E-state index in [1.165, 1.54) is 10.9 Å². The minimum Gasteiger partial charge on any atom is -0.357 e. The van der Waals surface area contributed by atoms with Gasteiger partial charge in [0.1, 0.15) is 5.82 Å². The van der Waals surface area contributed by atoms with Crippen LogP contribution in [0.15, 0.2) is 46.8 Å². The molecular formula is C18H25FIN3S. The van der Waals surface area contributed by atoms with Gasteiger partial charge in [0, 0.05) is 31.6 Å². The fraction of sp³-hybridized carbons (Fsp3) is 0.389. The second-order valence-electron chi connectivity index (χ2n) is 5.37. The zero-order chi connectivity index (χ0) is 16.5. The van der Waals surface area contributed by atoms with E-state index < -0.39 is 0 Å². The Hall–Kier alpha value is -1.15. The number of benzene rings is 1. The number of hydrogen-bond acceptors (Lipinski definition) is 2. The summed E-state index contributed by atoms with van der Waals surface area (Å²) in [6.07, 6.45) is 1.76. The molecule has 0 aliphatic rings. The van der Waals surface area contributed by atoms with E-state index in [9.17, 15) is 4.39 Å². The van der Waals surface area contributed by atoms with Crippen molar-refractivity contribution >= 4 is 41.3 Å². The van der Waals surface area contributed by atoms with Crippen LogP contribution in [0.4, 0.5) is 4.39 Å². The zero-order valence-electron chi connectivity index (χ0n) is 14.2. The van der Waals surface area contributed by atoms with Crippen LogP contribution in [0.1, 0.15) is 17.4 Å². The zero-order valence-corrected chi connectivity index (χ0v) is 17.3. The average Bonchev–Trinajstić information content (AvgIpc) is 3.05. The Balaban J connectivity index is 0.00000288. The van der Waals surface area contributed by atoms with Crippen molar-refractivity contribution in [3.8, 4) is 0 Å². The van der Waals surface area contributed by atoms with Crippen LogP contribution in [-0.2, 0) is 12.8 Å². The van der Waals surface area contributed by atoms with Crippen LogP contribution < -0.4 is 5.32 Å². The van der Waals surface area contributed by atoms with E-state index in [1.54, 1.807) is 23.5 Å². The highest BCUT2D eigenvalue weighted by Crippen LogP contribution is 2.09. The number of halogens is 2. The largest absolute Gasteiger partial charge is 0.357 e. The predicted molar refractivity (Wildman–Crippen MR) is 112 cm³/mol. The summed E-state index contributed by atoms with van der Waals surface area (Å²) < 4.78 is 13.2. The van der Waals surface area contributed by atoms with E-state index >= 15 is 0 Å². The van der Waals surface area contributed by atoms with Gasteiger partial charge in [0.15, 0.2) is 5.96 Å². The Morgan fingerprint density at radius 1 is 1.25 bits per heavy atom. The van der Waals surface area contributed by atoms with E-state index in [0.717, 1.165) is 37.5 Å². The summed E-state index contributed by atoms with van der Waals surface area (Å²) in [5, 5.41) is 5.42.